The summed E-state index contributed by atoms with van der Waals surface area (Å²) in [5.41, 5.74) is 6.39. The van der Waals surface area contributed by atoms with Crippen molar-refractivity contribution in [2.24, 2.45) is 5.73 Å². The van der Waals surface area contributed by atoms with Crippen molar-refractivity contribution in [3.8, 4) is 5.75 Å². The summed E-state index contributed by atoms with van der Waals surface area (Å²) in [7, 11) is 1.33. The minimum absolute atomic E-state index is 0. The number of ether oxygens (including phenoxy) is 2. The summed E-state index contributed by atoms with van der Waals surface area (Å²) in [6, 6.07) is 16.0. The fraction of sp³-hybridized carbons (Fsp3) is 0.263. The Kier molecular flexibility index (Phi) is 8.09. The average Bonchev–Trinajstić information content (AvgIpc) is 2.63. The summed E-state index contributed by atoms with van der Waals surface area (Å²) < 4.78 is 9.98. The number of methoxy groups -OCH3 is 1. The van der Waals surface area contributed by atoms with Gasteiger partial charge < -0.3 is 20.5 Å². The van der Waals surface area contributed by atoms with Gasteiger partial charge in [0.2, 0.25) is 5.91 Å². The fourth-order valence-electron chi connectivity index (χ4n) is 2.17. The van der Waals surface area contributed by atoms with Crippen molar-refractivity contribution in [2.45, 2.75) is 18.9 Å². The molecule has 2 rings (SSSR count). The molecule has 0 saturated heterocycles. The molecule has 1 amide bonds. The van der Waals surface area contributed by atoms with E-state index in [9.17, 15) is 9.59 Å². The van der Waals surface area contributed by atoms with Crippen molar-refractivity contribution < 1.29 is 19.1 Å². The normalized spacial score (nSPS) is 12.3. The Morgan fingerprint density at radius 3 is 2.27 bits per heavy atom. The number of carbonyl (C=O) groups is 2. The molecule has 1 unspecified atom stereocenters. The molecule has 0 radical (unpaired) electrons. The summed E-state index contributed by atoms with van der Waals surface area (Å²) >= 11 is 0. The van der Waals surface area contributed by atoms with Crippen LogP contribution in [-0.2, 0) is 19.9 Å². The van der Waals surface area contributed by atoms with Gasteiger partial charge >= 0.3 is 5.97 Å². The van der Waals surface area contributed by atoms with E-state index in [0.717, 1.165) is 5.56 Å². The minimum atomic E-state index is -1.14. The van der Waals surface area contributed by atoms with Crippen molar-refractivity contribution in [2.75, 3.05) is 19.0 Å². The standard InChI is InChI=1S/C19H22N2O4.ClH/c1-19(20,14-6-4-3-5-7-14)18(23)21-15-8-10-16(11-9-15)25-13-12-17(22)24-2;/h3-11H,12-13,20H2,1-2H3,(H,21,23);1H. The van der Waals surface area contributed by atoms with Crippen molar-refractivity contribution in [3.63, 3.8) is 0 Å². The predicted molar refractivity (Wildman–Crippen MR) is 102 cm³/mol. The maximum Gasteiger partial charge on any atom is 0.308 e. The first-order chi connectivity index (χ1) is 11.9. The van der Waals surface area contributed by atoms with E-state index in [0.29, 0.717) is 11.4 Å². The molecular weight excluding hydrogens is 356 g/mol. The summed E-state index contributed by atoms with van der Waals surface area (Å²) in [4.78, 5) is 23.5. The van der Waals surface area contributed by atoms with Crippen LogP contribution in [0.3, 0.4) is 0 Å². The van der Waals surface area contributed by atoms with Crippen LogP contribution in [0.25, 0.3) is 0 Å². The van der Waals surface area contributed by atoms with E-state index in [4.69, 9.17) is 10.5 Å². The van der Waals surface area contributed by atoms with Gasteiger partial charge in [-0.1, -0.05) is 30.3 Å². The zero-order chi connectivity index (χ0) is 18.3. The lowest BCUT2D eigenvalue weighted by Gasteiger charge is -2.24. The summed E-state index contributed by atoms with van der Waals surface area (Å²) in [6.07, 6.45) is 0.178. The average molecular weight is 379 g/mol. The summed E-state index contributed by atoms with van der Waals surface area (Å²) in [5.74, 6) is -0.0365. The molecule has 0 aromatic heterocycles. The van der Waals surface area contributed by atoms with Crippen LogP contribution >= 0.6 is 12.4 Å². The highest BCUT2D eigenvalue weighted by Gasteiger charge is 2.30. The lowest BCUT2D eigenvalue weighted by Crippen LogP contribution is -2.45. The van der Waals surface area contributed by atoms with Crippen LogP contribution in [0.2, 0.25) is 0 Å². The number of amides is 1. The van der Waals surface area contributed by atoms with Crippen molar-refractivity contribution in [3.05, 3.63) is 60.2 Å². The second-order valence-electron chi connectivity index (χ2n) is 5.72. The second-order valence-corrected chi connectivity index (χ2v) is 5.72. The first-order valence-corrected chi connectivity index (χ1v) is 7.89. The number of esters is 1. The molecule has 2 aromatic rings. The molecule has 0 fully saturated rings. The molecule has 140 valence electrons. The van der Waals surface area contributed by atoms with Gasteiger partial charge in [0, 0.05) is 5.69 Å². The Bertz CT molecular complexity index is 718. The summed E-state index contributed by atoms with van der Waals surface area (Å²) in [6.45, 7) is 1.90. The molecule has 0 saturated carbocycles. The molecule has 3 N–H and O–H groups in total. The first-order valence-electron chi connectivity index (χ1n) is 7.89. The molecule has 0 aliphatic rings. The molecule has 26 heavy (non-hydrogen) atoms. The third-order valence-electron chi connectivity index (χ3n) is 3.76. The van der Waals surface area contributed by atoms with Crippen LogP contribution in [0.4, 0.5) is 5.69 Å². The zero-order valence-corrected chi connectivity index (χ0v) is 15.5. The Hall–Kier alpha value is -2.57. The number of rotatable bonds is 7. The molecule has 0 aliphatic carbocycles. The first kappa shape index (κ1) is 21.5. The predicted octanol–water partition coefficient (Wildman–Crippen LogP) is 2.86. The number of anilines is 1. The van der Waals surface area contributed by atoms with Crippen LogP contribution in [0.15, 0.2) is 54.6 Å². The number of nitrogens with two attached hydrogens (primary N) is 1. The van der Waals surface area contributed by atoms with Crippen LogP contribution in [-0.4, -0.2) is 25.6 Å². The molecule has 0 aliphatic heterocycles. The Labute approximate surface area is 159 Å². The number of hydrogen-bond acceptors (Lipinski definition) is 5. The Morgan fingerprint density at radius 1 is 1.08 bits per heavy atom. The highest BCUT2D eigenvalue weighted by Crippen LogP contribution is 2.21. The molecular formula is C19H23ClN2O4. The van der Waals surface area contributed by atoms with Crippen molar-refractivity contribution in [1.29, 1.82) is 0 Å². The number of halogens is 1. The third kappa shape index (κ3) is 5.75. The smallest absolute Gasteiger partial charge is 0.308 e. The second kappa shape index (κ2) is 9.79. The van der Waals surface area contributed by atoms with E-state index in [1.54, 1.807) is 31.2 Å². The van der Waals surface area contributed by atoms with E-state index in [1.807, 2.05) is 30.3 Å². The molecule has 1 atom stereocenters. The molecule has 7 heteroatoms. The highest BCUT2D eigenvalue weighted by molar-refractivity contribution is 5.98. The molecule has 0 spiro atoms. The van der Waals surface area contributed by atoms with Gasteiger partial charge in [-0.25, -0.2) is 0 Å². The lowest BCUT2D eigenvalue weighted by molar-refractivity contribution is -0.141. The van der Waals surface area contributed by atoms with Crippen molar-refractivity contribution in [1.82, 2.24) is 0 Å². The van der Waals surface area contributed by atoms with Gasteiger partial charge in [0.25, 0.3) is 0 Å². The van der Waals surface area contributed by atoms with E-state index >= 15 is 0 Å². The van der Waals surface area contributed by atoms with Gasteiger partial charge in [0.15, 0.2) is 0 Å². The fourth-order valence-corrected chi connectivity index (χ4v) is 2.17. The van der Waals surface area contributed by atoms with Crippen LogP contribution < -0.4 is 15.8 Å². The number of hydrogen-bond donors (Lipinski definition) is 2. The molecule has 2 aromatic carbocycles. The number of nitrogens with one attached hydrogen (secondary N) is 1. The van der Waals surface area contributed by atoms with E-state index < -0.39 is 5.54 Å². The van der Waals surface area contributed by atoms with Gasteiger partial charge in [-0.3, -0.25) is 9.59 Å². The SMILES string of the molecule is COC(=O)CCOc1ccc(NC(=O)C(C)(N)c2ccccc2)cc1.Cl. The quantitative estimate of drug-likeness (QED) is 0.723. The largest absolute Gasteiger partial charge is 0.493 e. The Balaban J connectivity index is 0.00000338. The number of carbonyl (C=O) groups excluding carboxylic acids is 2. The maximum absolute atomic E-state index is 12.5. The van der Waals surface area contributed by atoms with Gasteiger partial charge in [-0.15, -0.1) is 12.4 Å². The summed E-state index contributed by atoms with van der Waals surface area (Å²) in [5, 5.41) is 2.80. The number of benzene rings is 2. The van der Waals surface area contributed by atoms with Crippen LogP contribution in [0, 0.1) is 0 Å². The van der Waals surface area contributed by atoms with E-state index in [2.05, 4.69) is 10.1 Å². The monoisotopic (exact) mass is 378 g/mol. The van der Waals surface area contributed by atoms with Gasteiger partial charge in [0.1, 0.15) is 11.3 Å². The maximum atomic E-state index is 12.5. The lowest BCUT2D eigenvalue weighted by atomic mass is 9.92. The van der Waals surface area contributed by atoms with Crippen LogP contribution in [0.5, 0.6) is 5.75 Å². The molecule has 0 heterocycles. The molecule has 0 bridgehead atoms. The van der Waals surface area contributed by atoms with Crippen molar-refractivity contribution >= 4 is 30.0 Å². The van der Waals surface area contributed by atoms with Crippen LogP contribution in [0.1, 0.15) is 18.9 Å². The third-order valence-corrected chi connectivity index (χ3v) is 3.76. The highest BCUT2D eigenvalue weighted by atomic mass is 35.5. The van der Waals surface area contributed by atoms with E-state index in [-0.39, 0.29) is 37.3 Å². The topological polar surface area (TPSA) is 90.6 Å². The van der Waals surface area contributed by atoms with E-state index in [1.165, 1.54) is 7.11 Å². The van der Waals surface area contributed by atoms with Gasteiger partial charge in [0.05, 0.1) is 20.1 Å². The Morgan fingerprint density at radius 2 is 1.69 bits per heavy atom. The minimum Gasteiger partial charge on any atom is -0.493 e. The van der Waals surface area contributed by atoms with Gasteiger partial charge in [-0.05, 0) is 36.8 Å². The molecule has 6 nitrogen and oxygen atoms in total. The van der Waals surface area contributed by atoms with Gasteiger partial charge in [-0.2, -0.15) is 0 Å². The zero-order valence-electron chi connectivity index (χ0n) is 14.7.